The first kappa shape index (κ1) is 16.2. The number of fused-ring (bicyclic) bond motifs is 3. The van der Waals surface area contributed by atoms with Gasteiger partial charge in [0.25, 0.3) is 0 Å². The van der Waals surface area contributed by atoms with Crippen molar-refractivity contribution in [1.82, 2.24) is 0 Å². The smallest absolute Gasteiger partial charge is 0.401 e. The van der Waals surface area contributed by atoms with Gasteiger partial charge in [0.15, 0.2) is 0 Å². The van der Waals surface area contributed by atoms with E-state index in [1.54, 1.807) is 12.1 Å². The molecule has 1 heterocycles. The molecular formula is C18H22F2O3. The lowest BCUT2D eigenvalue weighted by atomic mass is 9.72. The summed E-state index contributed by atoms with van der Waals surface area (Å²) in [5.74, 6) is -1.35. The monoisotopic (exact) mass is 324 g/mol. The number of alkyl halides is 2. The molecule has 0 amide bonds. The molecule has 1 N–H and O–H groups in total. The normalized spacial score (nSPS) is 27.1. The third-order valence-electron chi connectivity index (χ3n) is 5.38. The molecule has 2 aliphatic rings. The number of ether oxygens (including phenoxy) is 1. The van der Waals surface area contributed by atoms with Gasteiger partial charge in [0, 0.05) is 24.3 Å². The molecule has 1 aliphatic carbocycles. The Kier molecular flexibility index (Phi) is 3.85. The number of halogens is 2. The van der Waals surface area contributed by atoms with Gasteiger partial charge >= 0.3 is 6.11 Å². The van der Waals surface area contributed by atoms with Crippen molar-refractivity contribution in [3.8, 4) is 11.5 Å². The Morgan fingerprint density at radius 1 is 1.30 bits per heavy atom. The first-order valence-corrected chi connectivity index (χ1v) is 8.16. The maximum Gasteiger partial charge on any atom is 0.401 e. The van der Waals surface area contributed by atoms with E-state index in [1.807, 2.05) is 20.8 Å². The molecule has 1 fully saturated rings. The van der Waals surface area contributed by atoms with Gasteiger partial charge in [-0.05, 0) is 36.0 Å². The zero-order valence-corrected chi connectivity index (χ0v) is 13.6. The number of phenolic OH excluding ortho intramolecular Hbond substituents is 1. The van der Waals surface area contributed by atoms with Gasteiger partial charge in [-0.15, -0.1) is 0 Å². The third-order valence-corrected chi connectivity index (χ3v) is 5.38. The van der Waals surface area contributed by atoms with Crippen LogP contribution in [-0.2, 0) is 4.79 Å². The number of carbonyl (C=O) groups is 1. The molecule has 23 heavy (non-hydrogen) atoms. The quantitative estimate of drug-likeness (QED) is 0.865. The van der Waals surface area contributed by atoms with Gasteiger partial charge in [-0.2, -0.15) is 8.78 Å². The highest BCUT2D eigenvalue weighted by Crippen LogP contribution is 2.55. The zero-order valence-electron chi connectivity index (χ0n) is 13.6. The number of benzene rings is 1. The molecule has 3 atom stereocenters. The predicted molar refractivity (Wildman–Crippen MR) is 82.0 cm³/mol. The number of carbonyl (C=O) groups excluding carboxylic acids is 1. The van der Waals surface area contributed by atoms with E-state index in [-0.39, 0.29) is 42.5 Å². The van der Waals surface area contributed by atoms with Crippen LogP contribution in [0, 0.1) is 11.8 Å². The van der Waals surface area contributed by atoms with Gasteiger partial charge in [0.05, 0.1) is 5.92 Å². The Morgan fingerprint density at radius 2 is 2.00 bits per heavy atom. The van der Waals surface area contributed by atoms with Crippen molar-refractivity contribution in [2.24, 2.45) is 11.8 Å². The SMILES string of the molecule is CC(C)C(C)c1cc(O)c2c(c1)OC(F)(F)C1CCC(=O)CC21. The van der Waals surface area contributed by atoms with Crippen LogP contribution in [0.2, 0.25) is 0 Å². The van der Waals surface area contributed by atoms with Crippen molar-refractivity contribution >= 4 is 5.78 Å². The van der Waals surface area contributed by atoms with Crippen molar-refractivity contribution < 1.29 is 23.4 Å². The summed E-state index contributed by atoms with van der Waals surface area (Å²) in [6, 6.07) is 3.23. The maximum atomic E-state index is 14.4. The Morgan fingerprint density at radius 3 is 2.65 bits per heavy atom. The van der Waals surface area contributed by atoms with Crippen LogP contribution in [0.5, 0.6) is 11.5 Å². The minimum Gasteiger partial charge on any atom is -0.508 e. The van der Waals surface area contributed by atoms with Gasteiger partial charge in [-0.25, -0.2) is 0 Å². The van der Waals surface area contributed by atoms with Crippen molar-refractivity contribution in [2.45, 2.75) is 58.0 Å². The molecule has 3 nitrogen and oxygen atoms in total. The zero-order chi connectivity index (χ0) is 16.9. The predicted octanol–water partition coefficient (Wildman–Crippen LogP) is 4.59. The average molecular weight is 324 g/mol. The maximum absolute atomic E-state index is 14.4. The van der Waals surface area contributed by atoms with Crippen LogP contribution in [0.25, 0.3) is 0 Å². The lowest BCUT2D eigenvalue weighted by molar-refractivity contribution is -0.234. The van der Waals surface area contributed by atoms with E-state index >= 15 is 0 Å². The van der Waals surface area contributed by atoms with Gasteiger partial charge < -0.3 is 9.84 Å². The molecular weight excluding hydrogens is 302 g/mol. The van der Waals surface area contributed by atoms with E-state index < -0.39 is 17.9 Å². The summed E-state index contributed by atoms with van der Waals surface area (Å²) in [5.41, 5.74) is 1.14. The highest BCUT2D eigenvalue weighted by atomic mass is 19.3. The Hall–Kier alpha value is -1.65. The summed E-state index contributed by atoms with van der Waals surface area (Å²) in [4.78, 5) is 11.7. The number of phenols is 1. The molecule has 0 spiro atoms. The number of rotatable bonds is 2. The molecule has 1 aromatic carbocycles. The minimum atomic E-state index is -3.30. The molecule has 0 bridgehead atoms. The Bertz CT molecular complexity index is 639. The number of hydrogen-bond donors (Lipinski definition) is 1. The van der Waals surface area contributed by atoms with E-state index in [4.69, 9.17) is 4.74 Å². The van der Waals surface area contributed by atoms with Gasteiger partial charge in [-0.3, -0.25) is 4.79 Å². The van der Waals surface area contributed by atoms with E-state index in [0.717, 1.165) is 5.56 Å². The fourth-order valence-electron chi connectivity index (χ4n) is 3.67. The van der Waals surface area contributed by atoms with E-state index in [1.165, 1.54) is 0 Å². The second-order valence-corrected chi connectivity index (χ2v) is 7.14. The topological polar surface area (TPSA) is 46.5 Å². The molecule has 0 radical (unpaired) electrons. The van der Waals surface area contributed by atoms with Crippen LogP contribution >= 0.6 is 0 Å². The van der Waals surface area contributed by atoms with Gasteiger partial charge in [0.1, 0.15) is 17.3 Å². The molecule has 0 saturated heterocycles. The number of hydrogen-bond acceptors (Lipinski definition) is 3. The van der Waals surface area contributed by atoms with Gasteiger partial charge in [-0.1, -0.05) is 20.8 Å². The first-order valence-electron chi connectivity index (χ1n) is 8.16. The molecule has 5 heteroatoms. The molecule has 1 aromatic rings. The number of ketones is 1. The molecule has 126 valence electrons. The summed E-state index contributed by atoms with van der Waals surface area (Å²) in [6.45, 7) is 6.05. The lowest BCUT2D eigenvalue weighted by Gasteiger charge is -2.41. The first-order chi connectivity index (χ1) is 10.7. The molecule has 3 unspecified atom stereocenters. The molecule has 3 rings (SSSR count). The van der Waals surface area contributed by atoms with E-state index in [0.29, 0.717) is 11.5 Å². The number of aromatic hydroxyl groups is 1. The fourth-order valence-corrected chi connectivity index (χ4v) is 3.67. The summed E-state index contributed by atoms with van der Waals surface area (Å²) in [5, 5.41) is 10.4. The van der Waals surface area contributed by atoms with E-state index in [2.05, 4.69) is 0 Å². The Labute approximate surface area is 134 Å². The van der Waals surface area contributed by atoms with Crippen molar-refractivity contribution in [3.05, 3.63) is 23.3 Å². The summed E-state index contributed by atoms with van der Waals surface area (Å²) >= 11 is 0. The van der Waals surface area contributed by atoms with Gasteiger partial charge in [0.2, 0.25) is 0 Å². The van der Waals surface area contributed by atoms with Crippen LogP contribution in [-0.4, -0.2) is 17.0 Å². The van der Waals surface area contributed by atoms with Crippen LogP contribution < -0.4 is 4.74 Å². The number of Topliss-reactive ketones (excluding diaryl/α,β-unsaturated/α-hetero) is 1. The fraction of sp³-hybridized carbons (Fsp3) is 0.611. The van der Waals surface area contributed by atoms with Crippen LogP contribution in [0.1, 0.15) is 63.0 Å². The summed E-state index contributed by atoms with van der Waals surface area (Å²) in [6.07, 6.45) is -3.01. The van der Waals surface area contributed by atoms with Crippen LogP contribution in [0.3, 0.4) is 0 Å². The second-order valence-electron chi connectivity index (χ2n) is 7.14. The summed E-state index contributed by atoms with van der Waals surface area (Å²) in [7, 11) is 0. The van der Waals surface area contributed by atoms with E-state index in [9.17, 15) is 18.7 Å². The largest absolute Gasteiger partial charge is 0.508 e. The lowest BCUT2D eigenvalue weighted by Crippen LogP contribution is -2.45. The molecule has 1 saturated carbocycles. The highest BCUT2D eigenvalue weighted by Gasteiger charge is 2.54. The van der Waals surface area contributed by atoms with Crippen LogP contribution in [0.15, 0.2) is 12.1 Å². The van der Waals surface area contributed by atoms with Crippen LogP contribution in [0.4, 0.5) is 8.78 Å². The highest BCUT2D eigenvalue weighted by molar-refractivity contribution is 5.81. The molecule has 0 aromatic heterocycles. The Balaban J connectivity index is 2.09. The summed E-state index contributed by atoms with van der Waals surface area (Å²) < 4.78 is 33.7. The van der Waals surface area contributed by atoms with Crippen molar-refractivity contribution in [2.75, 3.05) is 0 Å². The minimum absolute atomic E-state index is 0.0217. The molecule has 1 aliphatic heterocycles. The third kappa shape index (κ3) is 2.70. The standard InChI is InChI=1S/C18H22F2O3/c1-9(2)10(3)11-6-15(22)17-13-8-12(21)4-5-14(13)18(19,20)23-16(17)7-11/h6-7,9-10,13-14,22H,4-5,8H2,1-3H3. The van der Waals surface area contributed by atoms with Crippen molar-refractivity contribution in [1.29, 1.82) is 0 Å². The average Bonchev–Trinajstić information content (AvgIpc) is 2.44. The second kappa shape index (κ2) is 5.46. The van der Waals surface area contributed by atoms with Crippen molar-refractivity contribution in [3.63, 3.8) is 0 Å².